The van der Waals surface area contributed by atoms with Gasteiger partial charge in [0.15, 0.2) is 0 Å². The summed E-state index contributed by atoms with van der Waals surface area (Å²) in [7, 11) is 2.16. The Balaban J connectivity index is 1.49. The highest BCUT2D eigenvalue weighted by molar-refractivity contribution is 5.94. The minimum atomic E-state index is -0.0916. The van der Waals surface area contributed by atoms with Gasteiger partial charge >= 0.3 is 0 Å². The number of nitrogens with zero attached hydrogens (tertiary/aromatic N) is 2. The van der Waals surface area contributed by atoms with Gasteiger partial charge in [-0.1, -0.05) is 54.6 Å². The molecule has 1 fully saturated rings. The molecule has 2 atom stereocenters. The molecule has 0 radical (unpaired) electrons. The van der Waals surface area contributed by atoms with Gasteiger partial charge in [-0.3, -0.25) is 9.69 Å². The summed E-state index contributed by atoms with van der Waals surface area (Å²) in [5.74, 6) is 1.30. The fourth-order valence-electron chi connectivity index (χ4n) is 4.26. The molecule has 3 aromatic rings. The summed E-state index contributed by atoms with van der Waals surface area (Å²) in [4.78, 5) is 18.0. The van der Waals surface area contributed by atoms with Crippen LogP contribution >= 0.6 is 0 Å². The fraction of sp³-hybridized carbons (Fsp3) is 0.296. The van der Waals surface area contributed by atoms with E-state index in [4.69, 9.17) is 4.74 Å². The van der Waals surface area contributed by atoms with Gasteiger partial charge in [0.25, 0.3) is 5.91 Å². The first kappa shape index (κ1) is 22.1. The van der Waals surface area contributed by atoms with Crippen molar-refractivity contribution in [3.8, 4) is 11.5 Å². The Bertz CT molecular complexity index is 1000. The maximum Gasteiger partial charge on any atom is 0.251 e. The van der Waals surface area contributed by atoms with Crippen LogP contribution in [-0.4, -0.2) is 55.0 Å². The Hall–Kier alpha value is -3.15. The van der Waals surface area contributed by atoms with Crippen molar-refractivity contribution >= 4 is 5.91 Å². The second-order valence-electron chi connectivity index (χ2n) is 8.40. The summed E-state index contributed by atoms with van der Waals surface area (Å²) in [5, 5.41) is 3.24. The molecule has 1 aliphatic rings. The minimum absolute atomic E-state index is 0.0491. The Morgan fingerprint density at radius 3 is 2.16 bits per heavy atom. The van der Waals surface area contributed by atoms with Gasteiger partial charge in [-0.2, -0.15) is 0 Å². The number of para-hydroxylation sites is 1. The van der Waals surface area contributed by atoms with Crippen LogP contribution in [0, 0.1) is 0 Å². The molecule has 0 bridgehead atoms. The molecule has 0 aromatic heterocycles. The van der Waals surface area contributed by atoms with Gasteiger partial charge < -0.3 is 15.0 Å². The fourth-order valence-corrected chi connectivity index (χ4v) is 4.26. The molecule has 5 nitrogen and oxygen atoms in total. The topological polar surface area (TPSA) is 44.8 Å². The summed E-state index contributed by atoms with van der Waals surface area (Å²) in [5.41, 5.74) is 1.82. The van der Waals surface area contributed by atoms with E-state index in [0.717, 1.165) is 31.9 Å². The first-order chi connectivity index (χ1) is 15.6. The van der Waals surface area contributed by atoms with Crippen molar-refractivity contribution in [1.82, 2.24) is 15.1 Å². The molecule has 32 heavy (non-hydrogen) atoms. The maximum absolute atomic E-state index is 13.1. The molecule has 1 heterocycles. The molecule has 0 aliphatic carbocycles. The van der Waals surface area contributed by atoms with E-state index in [-0.39, 0.29) is 18.0 Å². The van der Waals surface area contributed by atoms with Crippen LogP contribution in [0.3, 0.4) is 0 Å². The van der Waals surface area contributed by atoms with Gasteiger partial charge in [-0.15, -0.1) is 0 Å². The molecule has 2 unspecified atom stereocenters. The molecule has 0 spiro atoms. The van der Waals surface area contributed by atoms with E-state index in [1.807, 2.05) is 54.6 Å². The number of benzene rings is 3. The Labute approximate surface area is 190 Å². The van der Waals surface area contributed by atoms with Crippen LogP contribution in [0.15, 0.2) is 84.9 Å². The normalized spacial score (nSPS) is 16.8. The minimum Gasteiger partial charge on any atom is -0.457 e. The number of likely N-dealkylation sites (N-methyl/N-ethyl adjacent to an activating group) is 1. The van der Waals surface area contributed by atoms with Crippen LogP contribution in [0.4, 0.5) is 0 Å². The zero-order valence-electron chi connectivity index (χ0n) is 18.8. The summed E-state index contributed by atoms with van der Waals surface area (Å²) in [6.45, 7) is 6.12. The van der Waals surface area contributed by atoms with Crippen molar-refractivity contribution in [2.24, 2.45) is 0 Å². The molecule has 1 amide bonds. The number of amides is 1. The zero-order chi connectivity index (χ0) is 22.3. The second-order valence-corrected chi connectivity index (χ2v) is 8.40. The lowest BCUT2D eigenvalue weighted by Gasteiger charge is -2.41. The number of ether oxygens (including phenoxy) is 1. The molecule has 0 saturated carbocycles. The van der Waals surface area contributed by atoms with E-state index < -0.39 is 0 Å². The highest BCUT2D eigenvalue weighted by atomic mass is 16.5. The number of carbonyl (C=O) groups is 1. The van der Waals surface area contributed by atoms with E-state index in [9.17, 15) is 4.79 Å². The highest BCUT2D eigenvalue weighted by Crippen LogP contribution is 2.26. The molecule has 166 valence electrons. The third kappa shape index (κ3) is 5.55. The van der Waals surface area contributed by atoms with E-state index in [2.05, 4.69) is 53.4 Å². The first-order valence-corrected chi connectivity index (χ1v) is 11.2. The number of nitrogens with one attached hydrogen (secondary N) is 1. The monoisotopic (exact) mass is 429 g/mol. The van der Waals surface area contributed by atoms with Crippen molar-refractivity contribution in [2.45, 2.75) is 19.0 Å². The maximum atomic E-state index is 13.1. The number of carbonyl (C=O) groups excluding carboxylic acids is 1. The largest absolute Gasteiger partial charge is 0.457 e. The Morgan fingerprint density at radius 2 is 1.47 bits per heavy atom. The lowest BCUT2D eigenvalue weighted by molar-refractivity contribution is 0.0791. The van der Waals surface area contributed by atoms with Gasteiger partial charge in [0.1, 0.15) is 11.5 Å². The van der Waals surface area contributed by atoms with Crippen LogP contribution in [-0.2, 0) is 0 Å². The molecule has 1 saturated heterocycles. The predicted molar refractivity (Wildman–Crippen MR) is 128 cm³/mol. The number of piperazine rings is 1. The Morgan fingerprint density at radius 1 is 0.844 bits per heavy atom. The van der Waals surface area contributed by atoms with E-state index >= 15 is 0 Å². The average Bonchev–Trinajstić information content (AvgIpc) is 2.82. The molecule has 4 rings (SSSR count). The number of rotatable bonds is 7. The summed E-state index contributed by atoms with van der Waals surface area (Å²) >= 11 is 0. The summed E-state index contributed by atoms with van der Waals surface area (Å²) in [6.07, 6.45) is 0. The van der Waals surface area contributed by atoms with Crippen LogP contribution < -0.4 is 10.1 Å². The van der Waals surface area contributed by atoms with Crippen LogP contribution in [0.1, 0.15) is 28.9 Å². The highest BCUT2D eigenvalue weighted by Gasteiger charge is 2.29. The van der Waals surface area contributed by atoms with Crippen LogP contribution in [0.2, 0.25) is 0 Å². The smallest absolute Gasteiger partial charge is 0.251 e. The molecular formula is C27H31N3O2. The van der Waals surface area contributed by atoms with Gasteiger partial charge in [-0.25, -0.2) is 0 Å². The average molecular weight is 430 g/mol. The number of hydrogen-bond acceptors (Lipinski definition) is 4. The van der Waals surface area contributed by atoms with E-state index in [0.29, 0.717) is 11.3 Å². The lowest BCUT2D eigenvalue weighted by Crippen LogP contribution is -2.51. The predicted octanol–water partition coefficient (Wildman–Crippen LogP) is 4.59. The van der Waals surface area contributed by atoms with Crippen molar-refractivity contribution in [2.75, 3.05) is 33.2 Å². The zero-order valence-corrected chi connectivity index (χ0v) is 18.8. The summed E-state index contributed by atoms with van der Waals surface area (Å²) in [6, 6.07) is 27.5. The molecule has 5 heteroatoms. The molecular weight excluding hydrogens is 398 g/mol. The van der Waals surface area contributed by atoms with Crippen LogP contribution in [0.25, 0.3) is 0 Å². The second kappa shape index (κ2) is 10.4. The van der Waals surface area contributed by atoms with Crippen molar-refractivity contribution in [3.63, 3.8) is 0 Å². The molecule has 3 aromatic carbocycles. The standard InChI is InChI=1S/C27H31N3O2/c1-21(26(22-10-5-3-6-11-22)30-18-16-29(2)17-19-30)28-27(31)23-12-9-15-25(20-23)32-24-13-7-4-8-14-24/h3-15,20-21,26H,16-19H2,1-2H3,(H,28,31). The van der Waals surface area contributed by atoms with Crippen molar-refractivity contribution in [1.29, 1.82) is 0 Å². The van der Waals surface area contributed by atoms with Crippen molar-refractivity contribution in [3.05, 3.63) is 96.1 Å². The van der Waals surface area contributed by atoms with E-state index in [1.54, 1.807) is 6.07 Å². The van der Waals surface area contributed by atoms with Crippen LogP contribution in [0.5, 0.6) is 11.5 Å². The van der Waals surface area contributed by atoms with Gasteiger partial charge in [0.2, 0.25) is 0 Å². The third-order valence-corrected chi connectivity index (χ3v) is 5.98. The lowest BCUT2D eigenvalue weighted by atomic mass is 9.97. The SMILES string of the molecule is CC(NC(=O)c1cccc(Oc2ccccc2)c1)C(c1ccccc1)N1CCN(C)CC1. The quantitative estimate of drug-likeness (QED) is 0.597. The molecule has 1 N–H and O–H groups in total. The molecule has 1 aliphatic heterocycles. The van der Waals surface area contributed by atoms with E-state index in [1.165, 1.54) is 5.56 Å². The van der Waals surface area contributed by atoms with Gasteiger partial charge in [0.05, 0.1) is 6.04 Å². The van der Waals surface area contributed by atoms with Gasteiger partial charge in [-0.05, 0) is 49.9 Å². The number of hydrogen-bond donors (Lipinski definition) is 1. The summed E-state index contributed by atoms with van der Waals surface area (Å²) < 4.78 is 5.90. The van der Waals surface area contributed by atoms with Crippen molar-refractivity contribution < 1.29 is 9.53 Å². The van der Waals surface area contributed by atoms with Gasteiger partial charge in [0, 0.05) is 37.8 Å². The third-order valence-electron chi connectivity index (χ3n) is 5.98. The first-order valence-electron chi connectivity index (χ1n) is 11.2. The Kier molecular flexibility index (Phi) is 7.20.